The molecule has 1 N–H and O–H groups in total. The van der Waals surface area contributed by atoms with Crippen LogP contribution in [0.5, 0.6) is 0 Å². The van der Waals surface area contributed by atoms with Crippen molar-refractivity contribution in [3.63, 3.8) is 0 Å². The van der Waals surface area contributed by atoms with Crippen LogP contribution in [0.15, 0.2) is 18.2 Å². The summed E-state index contributed by atoms with van der Waals surface area (Å²) >= 11 is 0. The first kappa shape index (κ1) is 16.1. The first-order valence-corrected chi connectivity index (χ1v) is 9.75. The van der Waals surface area contributed by atoms with Gasteiger partial charge in [-0.25, -0.2) is 8.42 Å². The number of hydrogen-bond donors (Lipinski definition) is 1. The van der Waals surface area contributed by atoms with E-state index in [0.29, 0.717) is 18.5 Å². The number of benzene rings is 1. The third-order valence-corrected chi connectivity index (χ3v) is 6.56. The number of nitrogens with zero attached hydrogens (tertiary/aromatic N) is 1. The van der Waals surface area contributed by atoms with E-state index in [1.54, 1.807) is 4.90 Å². The van der Waals surface area contributed by atoms with E-state index < -0.39 is 9.84 Å². The van der Waals surface area contributed by atoms with Crippen LogP contribution < -0.4 is 0 Å². The number of carbonyl (C=O) groups is 1. The molecule has 3 rings (SSSR count). The van der Waals surface area contributed by atoms with Gasteiger partial charge in [0, 0.05) is 34.7 Å². The lowest BCUT2D eigenvalue weighted by Gasteiger charge is -2.27. The van der Waals surface area contributed by atoms with Gasteiger partial charge in [0.15, 0.2) is 9.84 Å². The number of nitrogens with one attached hydrogen (secondary N) is 1. The normalized spacial score (nSPS) is 20.0. The Bertz CT molecular complexity index is 867. The lowest BCUT2D eigenvalue weighted by Crippen LogP contribution is -2.40. The molecule has 124 valence electrons. The Labute approximate surface area is 136 Å². The van der Waals surface area contributed by atoms with Gasteiger partial charge in [-0.05, 0) is 51.0 Å². The van der Waals surface area contributed by atoms with E-state index in [4.69, 9.17) is 0 Å². The van der Waals surface area contributed by atoms with Crippen molar-refractivity contribution >= 4 is 26.6 Å². The molecular formula is C17H22N2O3S. The summed E-state index contributed by atoms with van der Waals surface area (Å²) in [5, 5.41) is 1.04. The number of amides is 1. The first-order valence-electron chi connectivity index (χ1n) is 7.92. The number of aryl methyl sites for hydroxylation is 2. The molecule has 5 nitrogen and oxygen atoms in total. The van der Waals surface area contributed by atoms with Crippen LogP contribution in [0.2, 0.25) is 0 Å². The van der Waals surface area contributed by atoms with Gasteiger partial charge in [-0.3, -0.25) is 4.79 Å². The van der Waals surface area contributed by atoms with Crippen molar-refractivity contribution in [2.75, 3.05) is 18.1 Å². The third kappa shape index (κ3) is 2.87. The molecule has 23 heavy (non-hydrogen) atoms. The summed E-state index contributed by atoms with van der Waals surface area (Å²) in [6.45, 7) is 6.46. The van der Waals surface area contributed by atoms with Gasteiger partial charge in [0.2, 0.25) is 0 Å². The molecule has 1 aliphatic heterocycles. The van der Waals surface area contributed by atoms with E-state index in [1.165, 1.54) is 0 Å². The molecule has 1 amide bonds. The Kier molecular flexibility index (Phi) is 3.96. The molecule has 0 aliphatic carbocycles. The van der Waals surface area contributed by atoms with Crippen molar-refractivity contribution in [1.29, 1.82) is 0 Å². The highest BCUT2D eigenvalue weighted by atomic mass is 32.2. The predicted molar refractivity (Wildman–Crippen MR) is 91.5 cm³/mol. The minimum absolute atomic E-state index is 0.0805. The molecule has 2 heterocycles. The quantitative estimate of drug-likeness (QED) is 0.937. The van der Waals surface area contributed by atoms with Crippen LogP contribution in [0.1, 0.15) is 35.0 Å². The molecule has 0 radical (unpaired) electrons. The van der Waals surface area contributed by atoms with Crippen molar-refractivity contribution in [2.24, 2.45) is 0 Å². The van der Waals surface area contributed by atoms with Gasteiger partial charge in [0.25, 0.3) is 5.91 Å². The highest BCUT2D eigenvalue weighted by molar-refractivity contribution is 7.91. The molecule has 1 fully saturated rings. The van der Waals surface area contributed by atoms with Gasteiger partial charge in [-0.1, -0.05) is 0 Å². The van der Waals surface area contributed by atoms with E-state index >= 15 is 0 Å². The van der Waals surface area contributed by atoms with E-state index in [2.05, 4.69) is 4.98 Å². The van der Waals surface area contributed by atoms with Crippen LogP contribution in [0.4, 0.5) is 0 Å². The highest BCUT2D eigenvalue weighted by Crippen LogP contribution is 2.25. The van der Waals surface area contributed by atoms with E-state index in [1.807, 2.05) is 39.0 Å². The Hall–Kier alpha value is -1.82. The summed E-state index contributed by atoms with van der Waals surface area (Å²) < 4.78 is 23.4. The number of fused-ring (bicyclic) bond motifs is 1. The first-order chi connectivity index (χ1) is 10.8. The minimum Gasteiger partial charge on any atom is -0.358 e. The van der Waals surface area contributed by atoms with Crippen LogP contribution in [-0.4, -0.2) is 48.3 Å². The molecule has 2 aromatic rings. The molecule has 1 aromatic carbocycles. The number of sulfone groups is 1. The number of H-pyrrole nitrogens is 1. The van der Waals surface area contributed by atoms with E-state index in [-0.39, 0.29) is 23.5 Å². The second kappa shape index (κ2) is 5.67. The van der Waals surface area contributed by atoms with Gasteiger partial charge in [0.05, 0.1) is 11.5 Å². The van der Waals surface area contributed by atoms with Crippen molar-refractivity contribution in [3.05, 3.63) is 35.0 Å². The van der Waals surface area contributed by atoms with Gasteiger partial charge < -0.3 is 9.88 Å². The molecule has 0 saturated carbocycles. The Balaban J connectivity index is 1.93. The number of hydrogen-bond acceptors (Lipinski definition) is 3. The van der Waals surface area contributed by atoms with Crippen molar-refractivity contribution in [1.82, 2.24) is 9.88 Å². The number of aromatic amines is 1. The fourth-order valence-corrected chi connectivity index (χ4v) is 5.08. The summed E-state index contributed by atoms with van der Waals surface area (Å²) in [6.07, 6.45) is 0.534. The maximum Gasteiger partial charge on any atom is 0.254 e. The molecule has 0 unspecified atom stereocenters. The topological polar surface area (TPSA) is 70.2 Å². The molecular weight excluding hydrogens is 312 g/mol. The zero-order chi connectivity index (χ0) is 16.8. The minimum atomic E-state index is -3.00. The molecule has 0 bridgehead atoms. The number of carbonyl (C=O) groups excluding carboxylic acids is 1. The Morgan fingerprint density at radius 2 is 2.09 bits per heavy atom. The summed E-state index contributed by atoms with van der Waals surface area (Å²) in [5.41, 5.74) is 3.87. The van der Waals surface area contributed by atoms with Gasteiger partial charge >= 0.3 is 0 Å². The van der Waals surface area contributed by atoms with Crippen LogP contribution in [-0.2, 0) is 9.84 Å². The highest BCUT2D eigenvalue weighted by Gasteiger charge is 2.34. The maximum atomic E-state index is 12.9. The molecule has 1 aromatic heterocycles. The number of aromatic nitrogens is 1. The molecule has 6 heteroatoms. The molecule has 1 aliphatic rings. The largest absolute Gasteiger partial charge is 0.358 e. The lowest BCUT2D eigenvalue weighted by molar-refractivity contribution is 0.0708. The zero-order valence-electron chi connectivity index (χ0n) is 13.7. The lowest BCUT2D eigenvalue weighted by atomic mass is 10.1. The van der Waals surface area contributed by atoms with Crippen LogP contribution in [0.25, 0.3) is 10.9 Å². The van der Waals surface area contributed by atoms with Crippen LogP contribution >= 0.6 is 0 Å². The summed E-state index contributed by atoms with van der Waals surface area (Å²) in [5.74, 6) is 0.169. The summed E-state index contributed by atoms with van der Waals surface area (Å²) in [7, 11) is -3.00. The number of rotatable bonds is 3. The monoisotopic (exact) mass is 334 g/mol. The van der Waals surface area contributed by atoms with E-state index in [9.17, 15) is 13.2 Å². The smallest absolute Gasteiger partial charge is 0.254 e. The van der Waals surface area contributed by atoms with Crippen molar-refractivity contribution in [2.45, 2.75) is 33.2 Å². The van der Waals surface area contributed by atoms with E-state index in [0.717, 1.165) is 22.2 Å². The Morgan fingerprint density at radius 3 is 2.70 bits per heavy atom. The fourth-order valence-electron chi connectivity index (χ4n) is 3.35. The third-order valence-electron chi connectivity index (χ3n) is 4.81. The molecule has 0 spiro atoms. The summed E-state index contributed by atoms with van der Waals surface area (Å²) in [4.78, 5) is 17.8. The standard InChI is InChI=1S/C17H22N2O3S/c1-4-19(14-7-8-23(21,22)10-14)17(20)13-5-6-16-15(9-13)11(2)12(3)18-16/h5-6,9,14,18H,4,7-8,10H2,1-3H3/t14-/m0/s1. The van der Waals surface area contributed by atoms with Crippen molar-refractivity contribution in [3.8, 4) is 0 Å². The summed E-state index contributed by atoms with van der Waals surface area (Å²) in [6, 6.07) is 5.43. The zero-order valence-corrected chi connectivity index (χ0v) is 14.5. The molecule has 1 saturated heterocycles. The predicted octanol–water partition coefficient (Wildman–Crippen LogP) is 2.43. The maximum absolute atomic E-state index is 12.9. The Morgan fingerprint density at radius 1 is 1.35 bits per heavy atom. The average molecular weight is 334 g/mol. The SMILES string of the molecule is CCN(C(=O)c1ccc2[nH]c(C)c(C)c2c1)[C@H]1CCS(=O)(=O)C1. The van der Waals surface area contributed by atoms with Crippen LogP contribution in [0, 0.1) is 13.8 Å². The average Bonchev–Trinajstić information content (AvgIpc) is 3.00. The van der Waals surface area contributed by atoms with Gasteiger partial charge in [-0.2, -0.15) is 0 Å². The second-order valence-corrected chi connectivity index (χ2v) is 8.51. The van der Waals surface area contributed by atoms with Crippen LogP contribution in [0.3, 0.4) is 0 Å². The van der Waals surface area contributed by atoms with Gasteiger partial charge in [-0.15, -0.1) is 0 Å². The van der Waals surface area contributed by atoms with Gasteiger partial charge in [0.1, 0.15) is 0 Å². The molecule has 1 atom stereocenters. The second-order valence-electron chi connectivity index (χ2n) is 6.28. The van der Waals surface area contributed by atoms with Crippen molar-refractivity contribution < 1.29 is 13.2 Å². The fraction of sp³-hybridized carbons (Fsp3) is 0.471.